The Balaban J connectivity index is 1.12. The van der Waals surface area contributed by atoms with Crippen LogP contribution in [0.25, 0.3) is 105 Å². The average molecular weight is 700 g/mol. The first kappa shape index (κ1) is 31.2. The Morgan fingerprint density at radius 1 is 0.309 bits per heavy atom. The van der Waals surface area contributed by atoms with E-state index in [9.17, 15) is 0 Å². The minimum Gasteiger partial charge on any atom is -0.309 e. The topological polar surface area (TPSA) is 30.7 Å². The first-order chi connectivity index (χ1) is 27.3. The van der Waals surface area contributed by atoms with Gasteiger partial charge in [0.2, 0.25) is 0 Å². The lowest BCUT2D eigenvalue weighted by Crippen LogP contribution is -1.98. The molecule has 0 amide bonds. The van der Waals surface area contributed by atoms with Crippen LogP contribution in [0.4, 0.5) is 0 Å². The van der Waals surface area contributed by atoms with Crippen LogP contribution in [0.2, 0.25) is 0 Å². The SMILES string of the molecule is c1ccc(-c2cc(-c3ccccc3)nc(-c3ccc(-c4ccc(-n5c6ccccc6c6cc7ccccc7cc65)c5ccccc45)c4ccccc34)n2)cc1. The number of rotatable bonds is 5. The van der Waals surface area contributed by atoms with Gasteiger partial charge in [-0.05, 0) is 74.5 Å². The van der Waals surface area contributed by atoms with Crippen LogP contribution < -0.4 is 0 Å². The van der Waals surface area contributed by atoms with Gasteiger partial charge >= 0.3 is 0 Å². The standard InChI is InChI=1S/C52H33N3/c1-3-15-34(16-4-1)47-33-48(35-17-5-2-6-18-35)54-52(53-47)45-28-27-41(38-21-9-10-23-40(38)45)42-29-30-50(43-24-12-11-22-39(42)43)55-49-26-14-13-25-44(49)46-31-36-19-7-8-20-37(36)32-51(46)55/h1-33H. The molecule has 0 bridgehead atoms. The van der Waals surface area contributed by atoms with Crippen molar-refractivity contribution in [3.63, 3.8) is 0 Å². The summed E-state index contributed by atoms with van der Waals surface area (Å²) >= 11 is 0. The summed E-state index contributed by atoms with van der Waals surface area (Å²) in [6, 6.07) is 71.5. The van der Waals surface area contributed by atoms with Crippen molar-refractivity contribution in [2.45, 2.75) is 0 Å². The van der Waals surface area contributed by atoms with Crippen molar-refractivity contribution in [3.05, 3.63) is 200 Å². The summed E-state index contributed by atoms with van der Waals surface area (Å²) in [4.78, 5) is 10.4. The molecule has 55 heavy (non-hydrogen) atoms. The largest absolute Gasteiger partial charge is 0.309 e. The van der Waals surface area contributed by atoms with Gasteiger partial charge in [0.15, 0.2) is 5.82 Å². The zero-order valence-corrected chi connectivity index (χ0v) is 29.9. The maximum Gasteiger partial charge on any atom is 0.161 e. The Bertz CT molecular complexity index is 3190. The number of hydrogen-bond donors (Lipinski definition) is 0. The molecule has 0 spiro atoms. The summed E-state index contributed by atoms with van der Waals surface area (Å²) in [7, 11) is 0. The molecular formula is C52H33N3. The fraction of sp³-hybridized carbons (Fsp3) is 0. The lowest BCUT2D eigenvalue weighted by atomic mass is 9.91. The van der Waals surface area contributed by atoms with E-state index in [1.807, 2.05) is 12.1 Å². The lowest BCUT2D eigenvalue weighted by Gasteiger charge is -2.17. The molecule has 0 saturated carbocycles. The van der Waals surface area contributed by atoms with Crippen LogP contribution in [0.1, 0.15) is 0 Å². The number of benzene rings is 9. The highest BCUT2D eigenvalue weighted by Crippen LogP contribution is 2.42. The summed E-state index contributed by atoms with van der Waals surface area (Å²) in [5, 5.41) is 9.70. The summed E-state index contributed by atoms with van der Waals surface area (Å²) in [6.45, 7) is 0. The molecular weight excluding hydrogens is 667 g/mol. The number of fused-ring (bicyclic) bond motifs is 6. The minimum absolute atomic E-state index is 0.710. The van der Waals surface area contributed by atoms with E-state index in [1.165, 1.54) is 60.2 Å². The maximum atomic E-state index is 5.20. The Morgan fingerprint density at radius 2 is 0.782 bits per heavy atom. The number of aromatic nitrogens is 3. The second kappa shape index (κ2) is 12.6. The molecule has 0 aliphatic rings. The summed E-state index contributed by atoms with van der Waals surface area (Å²) in [5.74, 6) is 0.710. The van der Waals surface area contributed by atoms with Crippen molar-refractivity contribution in [1.82, 2.24) is 14.5 Å². The van der Waals surface area contributed by atoms with Crippen LogP contribution in [0.15, 0.2) is 200 Å². The Kier molecular flexibility index (Phi) is 7.17. The normalized spacial score (nSPS) is 11.6. The van der Waals surface area contributed by atoms with Crippen molar-refractivity contribution >= 4 is 54.1 Å². The van der Waals surface area contributed by atoms with E-state index >= 15 is 0 Å². The van der Waals surface area contributed by atoms with Crippen LogP contribution in [0.3, 0.4) is 0 Å². The molecule has 256 valence electrons. The second-order valence-electron chi connectivity index (χ2n) is 14.1. The van der Waals surface area contributed by atoms with Gasteiger partial charge in [0.25, 0.3) is 0 Å². The van der Waals surface area contributed by atoms with Crippen molar-refractivity contribution in [1.29, 1.82) is 0 Å². The molecule has 3 nitrogen and oxygen atoms in total. The van der Waals surface area contributed by atoms with E-state index in [2.05, 4.69) is 193 Å². The molecule has 11 aromatic rings. The third-order valence-electron chi connectivity index (χ3n) is 11.0. The summed E-state index contributed by atoms with van der Waals surface area (Å²) < 4.78 is 2.45. The highest BCUT2D eigenvalue weighted by molar-refractivity contribution is 6.16. The molecule has 9 aromatic carbocycles. The summed E-state index contributed by atoms with van der Waals surface area (Å²) in [5.41, 5.74) is 10.9. The number of nitrogens with zero attached hydrogens (tertiary/aromatic N) is 3. The summed E-state index contributed by atoms with van der Waals surface area (Å²) in [6.07, 6.45) is 0. The zero-order valence-electron chi connectivity index (χ0n) is 29.9. The first-order valence-corrected chi connectivity index (χ1v) is 18.7. The Labute approximate surface area is 318 Å². The highest BCUT2D eigenvalue weighted by Gasteiger charge is 2.19. The van der Waals surface area contributed by atoms with E-state index < -0.39 is 0 Å². The molecule has 0 atom stereocenters. The molecule has 0 aliphatic carbocycles. The Hall–Kier alpha value is -7.36. The molecule has 0 N–H and O–H groups in total. The van der Waals surface area contributed by atoms with Crippen molar-refractivity contribution in [2.24, 2.45) is 0 Å². The van der Waals surface area contributed by atoms with E-state index in [4.69, 9.17) is 9.97 Å². The molecule has 11 rings (SSSR count). The number of para-hydroxylation sites is 1. The fourth-order valence-corrected chi connectivity index (χ4v) is 8.44. The van der Waals surface area contributed by atoms with Crippen LogP contribution in [-0.2, 0) is 0 Å². The van der Waals surface area contributed by atoms with Crippen LogP contribution in [0.5, 0.6) is 0 Å². The van der Waals surface area contributed by atoms with Gasteiger partial charge in [0.1, 0.15) is 0 Å². The first-order valence-electron chi connectivity index (χ1n) is 18.7. The van der Waals surface area contributed by atoms with Gasteiger partial charge in [-0.3, -0.25) is 0 Å². The maximum absolute atomic E-state index is 5.20. The molecule has 2 aromatic heterocycles. The zero-order chi connectivity index (χ0) is 36.3. The van der Waals surface area contributed by atoms with Gasteiger partial charge in [-0.2, -0.15) is 0 Å². The van der Waals surface area contributed by atoms with Crippen LogP contribution in [0, 0.1) is 0 Å². The molecule has 0 radical (unpaired) electrons. The van der Waals surface area contributed by atoms with Gasteiger partial charge in [-0.25, -0.2) is 9.97 Å². The molecule has 0 aliphatic heterocycles. The van der Waals surface area contributed by atoms with Gasteiger partial charge in [0.05, 0.1) is 28.1 Å². The van der Waals surface area contributed by atoms with E-state index in [1.54, 1.807) is 0 Å². The van der Waals surface area contributed by atoms with Crippen molar-refractivity contribution in [3.8, 4) is 50.7 Å². The van der Waals surface area contributed by atoms with E-state index in [0.717, 1.165) is 38.9 Å². The van der Waals surface area contributed by atoms with Crippen LogP contribution >= 0.6 is 0 Å². The van der Waals surface area contributed by atoms with Crippen molar-refractivity contribution < 1.29 is 0 Å². The van der Waals surface area contributed by atoms with Gasteiger partial charge < -0.3 is 4.57 Å². The van der Waals surface area contributed by atoms with Gasteiger partial charge in [-0.1, -0.05) is 164 Å². The predicted molar refractivity (Wildman–Crippen MR) is 231 cm³/mol. The van der Waals surface area contributed by atoms with Crippen LogP contribution in [-0.4, -0.2) is 14.5 Å². The quantitative estimate of drug-likeness (QED) is 0.179. The molecule has 3 heteroatoms. The predicted octanol–water partition coefficient (Wildman–Crippen LogP) is 13.7. The number of hydrogen-bond acceptors (Lipinski definition) is 2. The fourth-order valence-electron chi connectivity index (χ4n) is 8.44. The van der Waals surface area contributed by atoms with Crippen molar-refractivity contribution in [2.75, 3.05) is 0 Å². The van der Waals surface area contributed by atoms with Gasteiger partial charge in [-0.15, -0.1) is 0 Å². The monoisotopic (exact) mass is 699 g/mol. The molecule has 2 heterocycles. The van der Waals surface area contributed by atoms with Gasteiger partial charge in [0, 0.05) is 32.8 Å². The van der Waals surface area contributed by atoms with E-state index in [-0.39, 0.29) is 0 Å². The Morgan fingerprint density at radius 3 is 1.44 bits per heavy atom. The molecule has 0 saturated heterocycles. The molecule has 0 fully saturated rings. The minimum atomic E-state index is 0.710. The highest BCUT2D eigenvalue weighted by atomic mass is 15.0. The smallest absolute Gasteiger partial charge is 0.161 e. The van der Waals surface area contributed by atoms with E-state index in [0.29, 0.717) is 5.82 Å². The molecule has 0 unspecified atom stereocenters. The second-order valence-corrected chi connectivity index (χ2v) is 14.1. The third-order valence-corrected chi connectivity index (χ3v) is 11.0. The third kappa shape index (κ3) is 5.13. The lowest BCUT2D eigenvalue weighted by molar-refractivity contribution is 1.19. The average Bonchev–Trinajstić information content (AvgIpc) is 3.58.